The van der Waals surface area contributed by atoms with E-state index in [4.69, 9.17) is 5.11 Å². The summed E-state index contributed by atoms with van der Waals surface area (Å²) in [6.45, 7) is 1.46. The van der Waals surface area contributed by atoms with E-state index < -0.39 is 16.6 Å². The Morgan fingerprint density at radius 2 is 1.83 bits per heavy atom. The number of aromatic carboxylic acids is 1. The highest BCUT2D eigenvalue weighted by Gasteiger charge is 2.24. The lowest BCUT2D eigenvalue weighted by Crippen LogP contribution is -2.28. The van der Waals surface area contributed by atoms with Gasteiger partial charge in [-0.25, -0.2) is 4.79 Å². The molecule has 2 aromatic carbocycles. The lowest BCUT2D eigenvalue weighted by atomic mass is 10.1. The fourth-order valence-corrected chi connectivity index (χ4v) is 2.16. The van der Waals surface area contributed by atoms with Gasteiger partial charge in [-0.1, -0.05) is 30.3 Å². The van der Waals surface area contributed by atoms with E-state index >= 15 is 0 Å². The van der Waals surface area contributed by atoms with Crippen LogP contribution < -0.4 is 4.90 Å². The molecule has 0 aromatic heterocycles. The first-order chi connectivity index (χ1) is 10.9. The maximum absolute atomic E-state index is 11.9. The molecule has 0 spiro atoms. The van der Waals surface area contributed by atoms with E-state index in [0.29, 0.717) is 0 Å². The van der Waals surface area contributed by atoms with Gasteiger partial charge in [-0.15, -0.1) is 0 Å². The Kier molecular flexibility index (Phi) is 4.70. The van der Waals surface area contributed by atoms with Gasteiger partial charge in [0.25, 0.3) is 5.69 Å². The number of rotatable bonds is 5. The Morgan fingerprint density at radius 3 is 2.35 bits per heavy atom. The van der Waals surface area contributed by atoms with Crippen LogP contribution in [0.15, 0.2) is 48.5 Å². The van der Waals surface area contributed by atoms with Crippen LogP contribution in [-0.2, 0) is 11.3 Å². The number of benzene rings is 2. The molecular formula is C16H14N2O5. The highest BCUT2D eigenvalue weighted by Crippen LogP contribution is 2.30. The van der Waals surface area contributed by atoms with Crippen molar-refractivity contribution in [3.63, 3.8) is 0 Å². The van der Waals surface area contributed by atoms with Gasteiger partial charge in [0.1, 0.15) is 5.69 Å². The average Bonchev–Trinajstić information content (AvgIpc) is 2.52. The van der Waals surface area contributed by atoms with Crippen LogP contribution in [0.1, 0.15) is 22.8 Å². The van der Waals surface area contributed by atoms with Crippen LogP contribution >= 0.6 is 0 Å². The van der Waals surface area contributed by atoms with Crippen molar-refractivity contribution in [3.05, 3.63) is 69.8 Å². The quantitative estimate of drug-likeness (QED) is 0.675. The molecule has 0 saturated carbocycles. The standard InChI is InChI=1S/C16H14N2O5/c1-11(19)17(10-12-5-3-2-4-6-12)14-8-7-13(16(20)21)9-15(14)18(22)23/h2-9H,10H2,1H3,(H,20,21). The minimum Gasteiger partial charge on any atom is -0.478 e. The molecule has 7 nitrogen and oxygen atoms in total. The summed E-state index contributed by atoms with van der Waals surface area (Å²) in [5.74, 6) is -1.64. The number of carbonyl (C=O) groups excluding carboxylic acids is 1. The highest BCUT2D eigenvalue weighted by atomic mass is 16.6. The molecular weight excluding hydrogens is 300 g/mol. The van der Waals surface area contributed by atoms with Crippen molar-refractivity contribution in [3.8, 4) is 0 Å². The summed E-state index contributed by atoms with van der Waals surface area (Å²) in [5.41, 5.74) is 0.246. The van der Waals surface area contributed by atoms with E-state index in [1.165, 1.54) is 24.0 Å². The largest absolute Gasteiger partial charge is 0.478 e. The number of hydrogen-bond acceptors (Lipinski definition) is 4. The topological polar surface area (TPSA) is 101 Å². The third kappa shape index (κ3) is 3.70. The van der Waals surface area contributed by atoms with Crippen LogP contribution in [0.25, 0.3) is 0 Å². The number of nitrogens with zero attached hydrogens (tertiary/aromatic N) is 2. The Morgan fingerprint density at radius 1 is 1.17 bits per heavy atom. The van der Waals surface area contributed by atoms with Gasteiger partial charge in [0.2, 0.25) is 5.91 Å². The van der Waals surface area contributed by atoms with E-state index in [1.54, 1.807) is 24.3 Å². The van der Waals surface area contributed by atoms with Crippen molar-refractivity contribution in [2.24, 2.45) is 0 Å². The van der Waals surface area contributed by atoms with Crippen LogP contribution in [0.4, 0.5) is 11.4 Å². The summed E-state index contributed by atoms with van der Waals surface area (Å²) >= 11 is 0. The van der Waals surface area contributed by atoms with Gasteiger partial charge in [-0.2, -0.15) is 0 Å². The van der Waals surface area contributed by atoms with E-state index in [2.05, 4.69) is 0 Å². The second-order valence-corrected chi connectivity index (χ2v) is 4.86. The molecule has 0 fully saturated rings. The van der Waals surface area contributed by atoms with E-state index in [9.17, 15) is 19.7 Å². The summed E-state index contributed by atoms with van der Waals surface area (Å²) in [4.78, 5) is 34.7. The van der Waals surface area contributed by atoms with Crippen LogP contribution in [0, 0.1) is 10.1 Å². The van der Waals surface area contributed by atoms with Gasteiger partial charge in [0.15, 0.2) is 0 Å². The summed E-state index contributed by atoms with van der Waals surface area (Å²) in [7, 11) is 0. The molecule has 2 rings (SSSR count). The van der Waals surface area contributed by atoms with Crippen LogP contribution in [0.3, 0.4) is 0 Å². The molecule has 0 unspecified atom stereocenters. The van der Waals surface area contributed by atoms with E-state index in [-0.39, 0.29) is 23.7 Å². The van der Waals surface area contributed by atoms with Gasteiger partial charge in [0.05, 0.1) is 17.0 Å². The maximum atomic E-state index is 11.9. The van der Waals surface area contributed by atoms with Crippen molar-refractivity contribution < 1.29 is 19.6 Å². The summed E-state index contributed by atoms with van der Waals surface area (Å²) in [6, 6.07) is 12.5. The molecule has 0 bridgehead atoms. The molecule has 1 N–H and O–H groups in total. The first kappa shape index (κ1) is 16.2. The Hall–Kier alpha value is -3.22. The molecule has 23 heavy (non-hydrogen) atoms. The monoisotopic (exact) mass is 314 g/mol. The summed E-state index contributed by atoms with van der Waals surface area (Å²) in [5, 5.41) is 20.2. The second-order valence-electron chi connectivity index (χ2n) is 4.86. The highest BCUT2D eigenvalue weighted by molar-refractivity contribution is 5.96. The number of nitro groups is 1. The van der Waals surface area contributed by atoms with Crippen LogP contribution in [-0.4, -0.2) is 21.9 Å². The molecule has 0 aliphatic carbocycles. The van der Waals surface area contributed by atoms with E-state index in [0.717, 1.165) is 11.6 Å². The molecule has 0 saturated heterocycles. The van der Waals surface area contributed by atoms with Crippen molar-refractivity contribution in [2.45, 2.75) is 13.5 Å². The maximum Gasteiger partial charge on any atom is 0.335 e. The normalized spacial score (nSPS) is 10.1. The zero-order chi connectivity index (χ0) is 17.0. The molecule has 0 aliphatic heterocycles. The van der Waals surface area contributed by atoms with Gasteiger partial charge < -0.3 is 10.0 Å². The van der Waals surface area contributed by atoms with Gasteiger partial charge in [0, 0.05) is 13.0 Å². The molecule has 118 valence electrons. The number of carboxylic acid groups (broad SMARTS) is 1. The minimum atomic E-state index is -1.27. The zero-order valence-corrected chi connectivity index (χ0v) is 12.3. The van der Waals surface area contributed by atoms with Gasteiger partial charge >= 0.3 is 5.97 Å². The smallest absolute Gasteiger partial charge is 0.335 e. The van der Waals surface area contributed by atoms with Crippen molar-refractivity contribution >= 4 is 23.3 Å². The molecule has 0 aliphatic rings. The van der Waals surface area contributed by atoms with E-state index in [1.807, 2.05) is 6.07 Å². The van der Waals surface area contributed by atoms with Crippen molar-refractivity contribution in [1.29, 1.82) is 0 Å². The predicted octanol–water partition coefficient (Wildman–Crippen LogP) is 2.85. The number of hydrogen-bond donors (Lipinski definition) is 1. The molecule has 2 aromatic rings. The lowest BCUT2D eigenvalue weighted by molar-refractivity contribution is -0.384. The number of anilines is 1. The SMILES string of the molecule is CC(=O)N(Cc1ccccc1)c1ccc(C(=O)O)cc1[N+](=O)[O-]. The van der Waals surface area contributed by atoms with Gasteiger partial charge in [-0.3, -0.25) is 14.9 Å². The first-order valence-corrected chi connectivity index (χ1v) is 6.74. The Labute approximate surface area is 131 Å². The first-order valence-electron chi connectivity index (χ1n) is 6.74. The minimum absolute atomic E-state index is 0.0661. The lowest BCUT2D eigenvalue weighted by Gasteiger charge is -2.21. The van der Waals surface area contributed by atoms with Gasteiger partial charge in [-0.05, 0) is 17.7 Å². The number of amides is 1. The number of carbonyl (C=O) groups is 2. The Bertz CT molecular complexity index is 758. The van der Waals surface area contributed by atoms with Crippen LogP contribution in [0.2, 0.25) is 0 Å². The second kappa shape index (κ2) is 6.69. The Balaban J connectivity index is 2.48. The predicted molar refractivity (Wildman–Crippen MR) is 83.4 cm³/mol. The zero-order valence-electron chi connectivity index (χ0n) is 12.3. The van der Waals surface area contributed by atoms with Crippen LogP contribution in [0.5, 0.6) is 0 Å². The number of carboxylic acids is 1. The third-order valence-corrected chi connectivity index (χ3v) is 3.27. The average molecular weight is 314 g/mol. The van der Waals surface area contributed by atoms with Crippen molar-refractivity contribution in [2.75, 3.05) is 4.90 Å². The molecule has 7 heteroatoms. The fourth-order valence-electron chi connectivity index (χ4n) is 2.16. The molecule has 0 atom stereocenters. The number of nitro benzene ring substituents is 1. The van der Waals surface area contributed by atoms with Crippen molar-refractivity contribution in [1.82, 2.24) is 0 Å². The molecule has 1 amide bonds. The molecule has 0 radical (unpaired) electrons. The fraction of sp³-hybridized carbons (Fsp3) is 0.125. The third-order valence-electron chi connectivity index (χ3n) is 3.27. The molecule has 0 heterocycles. The summed E-state index contributed by atoms with van der Waals surface area (Å²) < 4.78 is 0. The summed E-state index contributed by atoms with van der Waals surface area (Å²) in [6.07, 6.45) is 0.